The number of nitrogens with zero attached hydrogens (tertiary/aromatic N) is 1. The normalized spacial score (nSPS) is 10.3. The van der Waals surface area contributed by atoms with Crippen molar-refractivity contribution >= 4 is 17.4 Å². The third-order valence-corrected chi connectivity index (χ3v) is 4.29. The molecule has 27 heavy (non-hydrogen) atoms. The number of hydrogen-bond donors (Lipinski definition) is 2. The summed E-state index contributed by atoms with van der Waals surface area (Å²) in [5.74, 6) is 1.28. The molecule has 0 saturated carbocycles. The molecule has 2 aromatic carbocycles. The van der Waals surface area contributed by atoms with Gasteiger partial charge in [0.1, 0.15) is 11.6 Å². The molecule has 0 atom stereocenters. The molecule has 1 heterocycles. The summed E-state index contributed by atoms with van der Waals surface area (Å²) in [6, 6.07) is 19.4. The predicted molar refractivity (Wildman–Crippen MR) is 108 cm³/mol. The van der Waals surface area contributed by atoms with E-state index in [0.717, 1.165) is 23.4 Å². The van der Waals surface area contributed by atoms with Gasteiger partial charge >= 0.3 is 0 Å². The highest BCUT2D eigenvalue weighted by Crippen LogP contribution is 2.18. The van der Waals surface area contributed by atoms with Crippen LogP contribution < -0.4 is 15.4 Å². The van der Waals surface area contributed by atoms with Gasteiger partial charge in [-0.25, -0.2) is 4.98 Å². The first-order valence-electron chi connectivity index (χ1n) is 8.91. The van der Waals surface area contributed by atoms with Gasteiger partial charge in [0.15, 0.2) is 0 Å². The first-order chi connectivity index (χ1) is 13.2. The van der Waals surface area contributed by atoms with Crippen molar-refractivity contribution in [1.29, 1.82) is 0 Å². The van der Waals surface area contributed by atoms with Crippen molar-refractivity contribution in [2.45, 2.75) is 19.9 Å². The van der Waals surface area contributed by atoms with E-state index < -0.39 is 0 Å². The number of carbonyl (C=O) groups is 1. The molecule has 0 fully saturated rings. The smallest absolute Gasteiger partial charge is 0.253 e. The topological polar surface area (TPSA) is 63.2 Å². The molecule has 0 unspecified atom stereocenters. The number of aromatic nitrogens is 1. The van der Waals surface area contributed by atoms with Crippen molar-refractivity contribution in [2.24, 2.45) is 0 Å². The zero-order chi connectivity index (χ0) is 19.1. The van der Waals surface area contributed by atoms with Crippen LogP contribution in [0.4, 0.5) is 11.5 Å². The van der Waals surface area contributed by atoms with Crippen LogP contribution in [0.5, 0.6) is 5.75 Å². The highest BCUT2D eigenvalue weighted by atomic mass is 16.5. The Morgan fingerprint density at radius 2 is 1.81 bits per heavy atom. The van der Waals surface area contributed by atoms with Gasteiger partial charge in [0.05, 0.1) is 12.7 Å². The third kappa shape index (κ3) is 4.85. The van der Waals surface area contributed by atoms with Crippen LogP contribution in [0.15, 0.2) is 66.9 Å². The van der Waals surface area contributed by atoms with E-state index in [0.29, 0.717) is 17.9 Å². The summed E-state index contributed by atoms with van der Waals surface area (Å²) in [7, 11) is 1.62. The van der Waals surface area contributed by atoms with Crippen molar-refractivity contribution in [2.75, 3.05) is 12.4 Å². The molecule has 2 N–H and O–H groups in total. The van der Waals surface area contributed by atoms with E-state index in [1.807, 2.05) is 36.4 Å². The van der Waals surface area contributed by atoms with Crippen molar-refractivity contribution in [3.05, 3.63) is 83.6 Å². The van der Waals surface area contributed by atoms with Gasteiger partial charge in [0, 0.05) is 24.0 Å². The fraction of sp³-hybridized carbons (Fsp3) is 0.182. The Morgan fingerprint density at radius 3 is 2.48 bits per heavy atom. The zero-order valence-corrected chi connectivity index (χ0v) is 15.5. The number of para-hydroxylation sites is 1. The second-order valence-corrected chi connectivity index (χ2v) is 6.10. The summed E-state index contributed by atoms with van der Waals surface area (Å²) in [6.07, 6.45) is 2.58. The number of nitrogens with one attached hydrogen (secondary N) is 2. The van der Waals surface area contributed by atoms with E-state index in [4.69, 9.17) is 4.74 Å². The summed E-state index contributed by atoms with van der Waals surface area (Å²) in [6.45, 7) is 2.52. The summed E-state index contributed by atoms with van der Waals surface area (Å²) in [5, 5.41) is 6.13. The minimum atomic E-state index is -0.174. The van der Waals surface area contributed by atoms with Crippen LogP contribution in [-0.2, 0) is 13.0 Å². The molecule has 5 heteroatoms. The molecule has 0 aliphatic rings. The molecular formula is C22H23N3O2. The zero-order valence-electron chi connectivity index (χ0n) is 15.5. The fourth-order valence-electron chi connectivity index (χ4n) is 2.70. The van der Waals surface area contributed by atoms with E-state index in [2.05, 4.69) is 34.7 Å². The number of ether oxygens (including phenoxy) is 1. The average molecular weight is 361 g/mol. The van der Waals surface area contributed by atoms with E-state index >= 15 is 0 Å². The first kappa shape index (κ1) is 18.5. The molecule has 0 aliphatic carbocycles. The number of benzene rings is 2. The van der Waals surface area contributed by atoms with Crippen molar-refractivity contribution in [3.8, 4) is 5.75 Å². The number of aryl methyl sites for hydroxylation is 1. The summed E-state index contributed by atoms with van der Waals surface area (Å²) in [5.41, 5.74) is 3.69. The van der Waals surface area contributed by atoms with Crippen LogP contribution in [0.25, 0.3) is 0 Å². The van der Waals surface area contributed by atoms with Crippen molar-refractivity contribution in [1.82, 2.24) is 10.3 Å². The second-order valence-electron chi connectivity index (χ2n) is 6.10. The molecule has 0 saturated heterocycles. The van der Waals surface area contributed by atoms with E-state index in [9.17, 15) is 4.79 Å². The van der Waals surface area contributed by atoms with Gasteiger partial charge in [-0.1, -0.05) is 37.3 Å². The van der Waals surface area contributed by atoms with Gasteiger partial charge in [0.25, 0.3) is 5.91 Å². The maximum atomic E-state index is 12.3. The quantitative estimate of drug-likeness (QED) is 0.658. The lowest BCUT2D eigenvalue weighted by Gasteiger charge is -2.10. The minimum absolute atomic E-state index is 0.174. The van der Waals surface area contributed by atoms with Gasteiger partial charge in [0.2, 0.25) is 0 Å². The second kappa shape index (κ2) is 8.85. The maximum Gasteiger partial charge on any atom is 0.253 e. The van der Waals surface area contributed by atoms with Gasteiger partial charge in [-0.3, -0.25) is 4.79 Å². The van der Waals surface area contributed by atoms with Gasteiger partial charge in [-0.05, 0) is 42.3 Å². The van der Waals surface area contributed by atoms with Gasteiger partial charge in [-0.15, -0.1) is 0 Å². The van der Waals surface area contributed by atoms with Gasteiger partial charge < -0.3 is 15.4 Å². The largest absolute Gasteiger partial charge is 0.496 e. The Balaban J connectivity index is 1.59. The van der Waals surface area contributed by atoms with Crippen LogP contribution in [0, 0.1) is 0 Å². The molecule has 3 rings (SSSR count). The van der Waals surface area contributed by atoms with Gasteiger partial charge in [-0.2, -0.15) is 0 Å². The van der Waals surface area contributed by atoms with Crippen LogP contribution >= 0.6 is 0 Å². The van der Waals surface area contributed by atoms with Crippen molar-refractivity contribution in [3.63, 3.8) is 0 Å². The molecule has 1 aromatic heterocycles. The van der Waals surface area contributed by atoms with Crippen molar-refractivity contribution < 1.29 is 9.53 Å². The van der Waals surface area contributed by atoms with Crippen LogP contribution in [0.1, 0.15) is 28.4 Å². The van der Waals surface area contributed by atoms with Crippen LogP contribution in [-0.4, -0.2) is 18.0 Å². The Morgan fingerprint density at radius 1 is 1.04 bits per heavy atom. The number of pyridine rings is 1. The lowest BCUT2D eigenvalue weighted by molar-refractivity contribution is 0.0950. The summed E-state index contributed by atoms with van der Waals surface area (Å²) in [4.78, 5) is 16.7. The molecule has 3 aromatic rings. The summed E-state index contributed by atoms with van der Waals surface area (Å²) >= 11 is 0. The Labute approximate surface area is 159 Å². The molecule has 0 spiro atoms. The van der Waals surface area contributed by atoms with Crippen LogP contribution in [0.3, 0.4) is 0 Å². The molecular weight excluding hydrogens is 338 g/mol. The number of anilines is 2. The van der Waals surface area contributed by atoms with E-state index in [1.165, 1.54) is 5.56 Å². The molecule has 138 valence electrons. The standard InChI is InChI=1S/C22H23N3O2/c1-3-16-8-11-19(12-9-16)25-21-13-10-18(15-23-21)22(26)24-14-17-6-4-5-7-20(17)27-2/h4-13,15H,3,14H2,1-2H3,(H,23,25)(H,24,26). The number of carbonyl (C=O) groups excluding carboxylic acids is 1. The molecule has 0 aliphatic heterocycles. The van der Waals surface area contributed by atoms with E-state index in [1.54, 1.807) is 25.4 Å². The lowest BCUT2D eigenvalue weighted by Crippen LogP contribution is -2.23. The molecule has 5 nitrogen and oxygen atoms in total. The number of hydrogen-bond acceptors (Lipinski definition) is 4. The fourth-order valence-corrected chi connectivity index (χ4v) is 2.70. The minimum Gasteiger partial charge on any atom is -0.496 e. The number of rotatable bonds is 7. The maximum absolute atomic E-state index is 12.3. The number of methoxy groups -OCH3 is 1. The molecule has 0 radical (unpaired) electrons. The Hall–Kier alpha value is -3.34. The Kier molecular flexibility index (Phi) is 6.05. The molecule has 1 amide bonds. The first-order valence-corrected chi connectivity index (χ1v) is 8.91. The highest BCUT2D eigenvalue weighted by Gasteiger charge is 2.08. The summed E-state index contributed by atoms with van der Waals surface area (Å²) < 4.78 is 5.30. The lowest BCUT2D eigenvalue weighted by atomic mass is 10.1. The SMILES string of the molecule is CCc1ccc(Nc2ccc(C(=O)NCc3ccccc3OC)cn2)cc1. The average Bonchev–Trinajstić information content (AvgIpc) is 2.73. The number of amides is 1. The van der Waals surface area contributed by atoms with Crippen LogP contribution in [0.2, 0.25) is 0 Å². The predicted octanol–water partition coefficient (Wildman–Crippen LogP) is 4.33. The monoisotopic (exact) mass is 361 g/mol. The Bertz CT molecular complexity index is 890. The third-order valence-electron chi connectivity index (χ3n) is 4.29. The highest BCUT2D eigenvalue weighted by molar-refractivity contribution is 5.94. The van der Waals surface area contributed by atoms with E-state index in [-0.39, 0.29) is 5.91 Å². The molecule has 0 bridgehead atoms.